The van der Waals surface area contributed by atoms with Gasteiger partial charge in [-0.2, -0.15) is 0 Å². The summed E-state index contributed by atoms with van der Waals surface area (Å²) in [4.78, 5) is 0. The van der Waals surface area contributed by atoms with Gasteiger partial charge in [-0.3, -0.25) is 0 Å². The Morgan fingerprint density at radius 1 is 0.141 bits per heavy atom. The third kappa shape index (κ3) is 9.51. The molecular formula is C85H58. The molecule has 0 aromatic heterocycles. The van der Waals surface area contributed by atoms with Gasteiger partial charge in [0.25, 0.3) is 0 Å². The summed E-state index contributed by atoms with van der Waals surface area (Å²) >= 11 is 0. The highest BCUT2D eigenvalue weighted by atomic mass is 14.5. The van der Waals surface area contributed by atoms with Crippen molar-refractivity contribution >= 4 is 0 Å². The molecule has 15 rings (SSSR count). The van der Waals surface area contributed by atoms with Gasteiger partial charge in [-0.25, -0.2) is 0 Å². The van der Waals surface area contributed by atoms with Gasteiger partial charge >= 0.3 is 0 Å². The van der Waals surface area contributed by atoms with Crippen molar-refractivity contribution < 1.29 is 0 Å². The van der Waals surface area contributed by atoms with Crippen LogP contribution >= 0.6 is 0 Å². The number of hydrogen-bond donors (Lipinski definition) is 0. The second-order valence-electron chi connectivity index (χ2n) is 22.3. The van der Waals surface area contributed by atoms with Crippen LogP contribution < -0.4 is 0 Å². The Bertz CT molecular complexity index is 4400. The van der Waals surface area contributed by atoms with Crippen molar-refractivity contribution in [3.8, 4) is 122 Å². The van der Waals surface area contributed by atoms with Crippen molar-refractivity contribution in [3.63, 3.8) is 0 Å². The van der Waals surface area contributed by atoms with Gasteiger partial charge in [-0.1, -0.05) is 291 Å². The molecule has 0 N–H and O–H groups in total. The monoisotopic (exact) mass is 1080 g/mol. The van der Waals surface area contributed by atoms with Crippen molar-refractivity contribution in [2.45, 2.75) is 5.41 Å². The molecule has 0 amide bonds. The molecule has 85 heavy (non-hydrogen) atoms. The lowest BCUT2D eigenvalue weighted by Gasteiger charge is -2.34. The number of fused-ring (bicyclic) bond motifs is 3. The minimum atomic E-state index is -0.714. The van der Waals surface area contributed by atoms with Crippen molar-refractivity contribution in [3.05, 3.63) is 374 Å². The van der Waals surface area contributed by atoms with Crippen LogP contribution in [0.25, 0.3) is 122 Å². The number of benzene rings is 14. The third-order valence-electron chi connectivity index (χ3n) is 17.3. The lowest BCUT2D eigenvalue weighted by atomic mass is 9.67. The summed E-state index contributed by atoms with van der Waals surface area (Å²) in [5, 5.41) is 0. The fourth-order valence-electron chi connectivity index (χ4n) is 13.3. The molecule has 0 aliphatic heterocycles. The minimum absolute atomic E-state index is 0.714. The molecule has 0 fully saturated rings. The van der Waals surface area contributed by atoms with E-state index in [0.717, 1.165) is 22.3 Å². The Kier molecular flexibility index (Phi) is 13.3. The van der Waals surface area contributed by atoms with E-state index in [-0.39, 0.29) is 0 Å². The number of rotatable bonds is 12. The standard InChI is InChI=1S/C85H58/c1-6-25-59(26-7-1)70-51-71(60-27-8-2-9-28-60)54-74(53-70)66-37-20-35-64(49-66)68-39-22-41-76(57-68)85(82-47-19-18-45-81(82)84-80(46-24-48-83(84)85)79-44-17-16-43-78(79)63-33-14-5-15-34-63)77-42-23-40-69(58-77)65-36-21-38-67(50-65)75-55-72(61-29-10-3-11-30-61)52-73(56-75)62-31-12-4-13-32-62/h1-58H. The van der Waals surface area contributed by atoms with Gasteiger partial charge in [0.1, 0.15) is 0 Å². The zero-order valence-corrected chi connectivity index (χ0v) is 47.0. The first-order chi connectivity index (χ1) is 42.1. The van der Waals surface area contributed by atoms with Gasteiger partial charge in [0.05, 0.1) is 5.41 Å². The summed E-state index contributed by atoms with van der Waals surface area (Å²) in [5.41, 5.74) is 30.5. The van der Waals surface area contributed by atoms with Crippen molar-refractivity contribution in [2.75, 3.05) is 0 Å². The normalized spacial score (nSPS) is 12.1. The lowest BCUT2D eigenvalue weighted by Crippen LogP contribution is -2.28. The van der Waals surface area contributed by atoms with E-state index in [1.807, 2.05) is 0 Å². The van der Waals surface area contributed by atoms with Crippen LogP contribution in [0.1, 0.15) is 22.3 Å². The SMILES string of the molecule is c1ccc(-c2cc(-c3ccccc3)cc(-c3cccc(-c4cccc(C5(c6cccc(-c7cccc(-c8cc(-c9ccccc9)cc(-c9ccccc9)c8)c7)c6)c6ccccc6-c6c(-c7ccccc7-c7ccccc7)cccc65)c4)c3)c2)cc1. The van der Waals surface area contributed by atoms with Crippen LogP contribution in [0.3, 0.4) is 0 Å². The molecule has 0 radical (unpaired) electrons. The smallest absolute Gasteiger partial charge is 0.0622 e. The second kappa shape index (κ2) is 22.1. The predicted octanol–water partition coefficient (Wildman–Crippen LogP) is 22.7. The third-order valence-corrected chi connectivity index (χ3v) is 17.3. The highest BCUT2D eigenvalue weighted by molar-refractivity contribution is 5.99. The van der Waals surface area contributed by atoms with Gasteiger partial charge in [-0.05, 0) is 205 Å². The molecule has 0 atom stereocenters. The van der Waals surface area contributed by atoms with Crippen LogP contribution in [0.5, 0.6) is 0 Å². The van der Waals surface area contributed by atoms with Gasteiger partial charge in [0.15, 0.2) is 0 Å². The average Bonchev–Trinajstić information content (AvgIpc) is 3.42. The van der Waals surface area contributed by atoms with E-state index in [1.165, 1.54) is 122 Å². The molecule has 0 saturated carbocycles. The molecule has 398 valence electrons. The summed E-state index contributed by atoms with van der Waals surface area (Å²) < 4.78 is 0. The Morgan fingerprint density at radius 3 is 0.824 bits per heavy atom. The fourth-order valence-corrected chi connectivity index (χ4v) is 13.3. The maximum atomic E-state index is 2.47. The molecule has 0 saturated heterocycles. The number of hydrogen-bond acceptors (Lipinski definition) is 0. The molecule has 14 aromatic carbocycles. The Morgan fingerprint density at radius 2 is 0.400 bits per heavy atom. The topological polar surface area (TPSA) is 0 Å². The zero-order chi connectivity index (χ0) is 56.5. The van der Waals surface area contributed by atoms with E-state index in [9.17, 15) is 0 Å². The van der Waals surface area contributed by atoms with Crippen molar-refractivity contribution in [2.24, 2.45) is 0 Å². The van der Waals surface area contributed by atoms with E-state index in [0.29, 0.717) is 0 Å². The lowest BCUT2D eigenvalue weighted by molar-refractivity contribution is 0.769. The summed E-state index contributed by atoms with van der Waals surface area (Å²) in [5.74, 6) is 0. The Hall–Kier alpha value is -10.9. The van der Waals surface area contributed by atoms with Crippen LogP contribution in [0.15, 0.2) is 352 Å². The molecule has 1 aliphatic carbocycles. The van der Waals surface area contributed by atoms with E-state index in [4.69, 9.17) is 0 Å². The fraction of sp³-hybridized carbons (Fsp3) is 0.0118. The molecule has 0 unspecified atom stereocenters. The molecule has 1 aliphatic rings. The first kappa shape index (κ1) is 51.0. The minimum Gasteiger partial charge on any atom is -0.0622 e. The molecule has 0 spiro atoms. The van der Waals surface area contributed by atoms with Gasteiger partial charge in [0, 0.05) is 0 Å². The van der Waals surface area contributed by atoms with Crippen LogP contribution in [-0.2, 0) is 5.41 Å². The highest BCUT2D eigenvalue weighted by Crippen LogP contribution is 2.59. The maximum Gasteiger partial charge on any atom is 0.0714 e. The Balaban J connectivity index is 0.912. The van der Waals surface area contributed by atoms with Gasteiger partial charge in [-0.15, -0.1) is 0 Å². The molecule has 0 bridgehead atoms. The van der Waals surface area contributed by atoms with Crippen LogP contribution in [0.2, 0.25) is 0 Å². The van der Waals surface area contributed by atoms with E-state index < -0.39 is 5.41 Å². The molecule has 0 heterocycles. The maximum absolute atomic E-state index is 2.47. The first-order valence-electron chi connectivity index (χ1n) is 29.5. The largest absolute Gasteiger partial charge is 0.0714 e. The molecule has 14 aromatic rings. The average molecular weight is 1080 g/mol. The zero-order valence-electron chi connectivity index (χ0n) is 47.0. The van der Waals surface area contributed by atoms with Gasteiger partial charge in [0.2, 0.25) is 0 Å². The second-order valence-corrected chi connectivity index (χ2v) is 22.3. The Labute approximate surface area is 499 Å². The first-order valence-corrected chi connectivity index (χ1v) is 29.5. The van der Waals surface area contributed by atoms with Gasteiger partial charge < -0.3 is 0 Å². The molecule has 0 nitrogen and oxygen atoms in total. The van der Waals surface area contributed by atoms with Crippen molar-refractivity contribution in [1.29, 1.82) is 0 Å². The summed E-state index contributed by atoms with van der Waals surface area (Å²) in [6, 6.07) is 130. The van der Waals surface area contributed by atoms with E-state index in [2.05, 4.69) is 352 Å². The highest BCUT2D eigenvalue weighted by Gasteiger charge is 2.47. The summed E-state index contributed by atoms with van der Waals surface area (Å²) in [6.07, 6.45) is 0. The van der Waals surface area contributed by atoms with Crippen molar-refractivity contribution in [1.82, 2.24) is 0 Å². The summed E-state index contributed by atoms with van der Waals surface area (Å²) in [6.45, 7) is 0. The quantitative estimate of drug-likeness (QED) is 0.114. The summed E-state index contributed by atoms with van der Waals surface area (Å²) in [7, 11) is 0. The predicted molar refractivity (Wildman–Crippen MR) is 358 cm³/mol. The van der Waals surface area contributed by atoms with Crippen LogP contribution in [0, 0.1) is 0 Å². The van der Waals surface area contributed by atoms with E-state index >= 15 is 0 Å². The molecular weight excluding hydrogens is 1020 g/mol. The van der Waals surface area contributed by atoms with Crippen LogP contribution in [-0.4, -0.2) is 0 Å². The van der Waals surface area contributed by atoms with E-state index in [1.54, 1.807) is 0 Å². The molecule has 0 heteroatoms. The van der Waals surface area contributed by atoms with Crippen LogP contribution in [0.4, 0.5) is 0 Å².